The molecule has 0 heterocycles. The number of rotatable bonds is 4. The van der Waals surface area contributed by atoms with Crippen LogP contribution in [-0.2, 0) is 26.5 Å². The Bertz CT molecular complexity index is 424. The molecule has 0 aliphatic heterocycles. The number of hydrogen-bond acceptors (Lipinski definition) is 1. The van der Waals surface area contributed by atoms with E-state index in [1.807, 2.05) is 6.92 Å². The molecule has 1 aliphatic rings. The largest absolute Gasteiger partial charge is 0.653 e. The Balaban J connectivity index is 0.00000324. The van der Waals surface area contributed by atoms with E-state index in [1.54, 1.807) is 0 Å². The van der Waals surface area contributed by atoms with Crippen molar-refractivity contribution in [2.75, 3.05) is 0 Å². The molecule has 0 saturated heterocycles. The van der Waals surface area contributed by atoms with Crippen LogP contribution in [0.4, 0.5) is 0 Å². The minimum Gasteiger partial charge on any atom is -0.653 e. The molecule has 0 aromatic heterocycles. The molecule has 1 unspecified atom stereocenters. The van der Waals surface area contributed by atoms with Crippen molar-refractivity contribution >= 4 is 14.1 Å². The van der Waals surface area contributed by atoms with Crippen LogP contribution in [0.3, 0.4) is 0 Å². The van der Waals surface area contributed by atoms with Crippen LogP contribution < -0.4 is 0 Å². The van der Waals surface area contributed by atoms with E-state index in [9.17, 15) is 4.79 Å². The van der Waals surface area contributed by atoms with Gasteiger partial charge in [0.15, 0.2) is 0 Å². The van der Waals surface area contributed by atoms with E-state index in [0.717, 1.165) is 6.42 Å². The Morgan fingerprint density at radius 1 is 1.21 bits per heavy atom. The van der Waals surface area contributed by atoms with Crippen molar-refractivity contribution in [2.24, 2.45) is 5.92 Å². The summed E-state index contributed by atoms with van der Waals surface area (Å²) in [5, 5.41) is 1.45. The molecular formula is C15H26NOSiTi-. The number of carbonyl (C=O) groups excluding carboxylic acids is 1. The molecule has 19 heavy (non-hydrogen) atoms. The molecule has 0 fully saturated rings. The van der Waals surface area contributed by atoms with Gasteiger partial charge in [-0.15, -0.1) is 0 Å². The van der Waals surface area contributed by atoms with Crippen molar-refractivity contribution in [1.29, 1.82) is 0 Å². The molecule has 1 rings (SSSR count). The van der Waals surface area contributed by atoms with Gasteiger partial charge < -0.3 is 9.78 Å². The zero-order valence-corrected chi connectivity index (χ0v) is 15.9. The Morgan fingerprint density at radius 3 is 2.11 bits per heavy atom. The maximum absolute atomic E-state index is 11.8. The smallest absolute Gasteiger partial charge is 0.0499 e. The van der Waals surface area contributed by atoms with Crippen molar-refractivity contribution in [2.45, 2.75) is 60.6 Å². The number of nitrogens with zero attached hydrogens (tertiary/aromatic N) is 1. The summed E-state index contributed by atoms with van der Waals surface area (Å²) in [5.74, 6) is 0.550. The summed E-state index contributed by atoms with van der Waals surface area (Å²) in [6, 6.07) is 0. The standard InChI is InChI=1S/C15H27NOSi.Ti/c1-8-9-14(17)16-18(6,7)15-12(4)10(2)11(3)13(15)5;/h12H,8-9H2,1-7H3,(H,16,17);/p-1. The molecule has 0 N–H and O–H groups in total. The summed E-state index contributed by atoms with van der Waals surface area (Å²) < 4.78 is 0. The first kappa shape index (κ1) is 18.9. The second kappa shape index (κ2) is 7.05. The van der Waals surface area contributed by atoms with Crippen LogP contribution in [0.1, 0.15) is 47.5 Å². The van der Waals surface area contributed by atoms with Crippen molar-refractivity contribution in [1.82, 2.24) is 0 Å². The predicted molar refractivity (Wildman–Crippen MR) is 81.0 cm³/mol. The van der Waals surface area contributed by atoms with Crippen LogP contribution in [0.5, 0.6) is 0 Å². The van der Waals surface area contributed by atoms with Gasteiger partial charge in [-0.2, -0.15) is 0 Å². The number of amides is 1. The first-order chi connectivity index (χ1) is 8.22. The fraction of sp³-hybridized carbons (Fsp3) is 0.667. The van der Waals surface area contributed by atoms with Gasteiger partial charge in [0.25, 0.3) is 0 Å². The van der Waals surface area contributed by atoms with E-state index in [2.05, 4.69) is 45.8 Å². The minimum absolute atomic E-state index is 0. The Hall–Kier alpha value is -0.119. The van der Waals surface area contributed by atoms with E-state index in [4.69, 9.17) is 0 Å². The van der Waals surface area contributed by atoms with Gasteiger partial charge in [-0.25, -0.2) is 0 Å². The van der Waals surface area contributed by atoms with Gasteiger partial charge in [0.2, 0.25) is 0 Å². The Morgan fingerprint density at radius 2 is 1.74 bits per heavy atom. The molecule has 4 heteroatoms. The Labute approximate surface area is 134 Å². The van der Waals surface area contributed by atoms with Crippen LogP contribution in [0.2, 0.25) is 13.1 Å². The summed E-state index contributed by atoms with van der Waals surface area (Å²) in [4.78, 5) is 16.4. The maximum atomic E-state index is 11.8. The third-order valence-electron chi connectivity index (χ3n) is 4.17. The molecule has 2 nitrogen and oxygen atoms in total. The van der Waals surface area contributed by atoms with Gasteiger partial charge in [-0.3, -0.25) is 0 Å². The summed E-state index contributed by atoms with van der Waals surface area (Å²) in [7, 11) is -1.97. The van der Waals surface area contributed by atoms with Gasteiger partial charge in [0.1, 0.15) is 0 Å². The quantitative estimate of drug-likeness (QED) is 0.690. The van der Waals surface area contributed by atoms with Crippen molar-refractivity contribution in [3.63, 3.8) is 0 Å². The van der Waals surface area contributed by atoms with Gasteiger partial charge in [0, 0.05) is 27.6 Å². The molecule has 106 valence electrons. The second-order valence-electron chi connectivity index (χ2n) is 5.88. The van der Waals surface area contributed by atoms with Crippen molar-refractivity contribution in [3.8, 4) is 0 Å². The maximum Gasteiger partial charge on any atom is 0.0499 e. The van der Waals surface area contributed by atoms with Crippen LogP contribution in [-0.4, -0.2) is 14.1 Å². The third-order valence-corrected chi connectivity index (χ3v) is 7.10. The zero-order chi connectivity index (χ0) is 14.1. The van der Waals surface area contributed by atoms with Gasteiger partial charge in [0.05, 0.1) is 0 Å². The summed E-state index contributed by atoms with van der Waals surface area (Å²) in [6.07, 6.45) is 1.47. The van der Waals surface area contributed by atoms with Gasteiger partial charge in [-0.05, 0) is 46.9 Å². The van der Waals surface area contributed by atoms with Crippen LogP contribution in [0.15, 0.2) is 21.9 Å². The first-order valence-corrected chi connectivity index (χ1v) is 9.81. The second-order valence-corrected chi connectivity index (χ2v) is 9.76. The fourth-order valence-electron chi connectivity index (χ4n) is 2.99. The molecule has 1 atom stereocenters. The summed E-state index contributed by atoms with van der Waals surface area (Å²) in [5.41, 5.74) is 4.22. The van der Waals surface area contributed by atoms with Crippen LogP contribution in [0.25, 0.3) is 4.98 Å². The summed E-state index contributed by atoms with van der Waals surface area (Å²) >= 11 is 0. The molecule has 0 bridgehead atoms. The third kappa shape index (κ3) is 3.93. The van der Waals surface area contributed by atoms with Gasteiger partial charge >= 0.3 is 0 Å². The number of carbonyl (C=O) groups is 1. The molecule has 0 radical (unpaired) electrons. The van der Waals surface area contributed by atoms with Crippen LogP contribution in [0, 0.1) is 5.92 Å². The number of allylic oxidation sites excluding steroid dienone is 4. The summed E-state index contributed by atoms with van der Waals surface area (Å²) in [6.45, 7) is 15.2. The van der Waals surface area contributed by atoms with Crippen molar-refractivity contribution < 1.29 is 26.5 Å². The average Bonchev–Trinajstić information content (AvgIpc) is 2.43. The van der Waals surface area contributed by atoms with Crippen LogP contribution >= 0.6 is 0 Å². The monoisotopic (exact) mass is 312 g/mol. The van der Waals surface area contributed by atoms with E-state index in [-0.39, 0.29) is 27.6 Å². The molecule has 1 amide bonds. The van der Waals surface area contributed by atoms with E-state index < -0.39 is 8.24 Å². The number of hydrogen-bond donors (Lipinski definition) is 0. The molecule has 0 spiro atoms. The van der Waals surface area contributed by atoms with Crippen molar-refractivity contribution in [3.05, 3.63) is 26.9 Å². The first-order valence-electron chi connectivity index (χ1n) is 6.87. The average molecular weight is 312 g/mol. The fourth-order valence-corrected chi connectivity index (χ4v) is 6.23. The SMILES string of the molecule is CCCC(=O)[N-][Si](C)(C)C1=C(C)C(C)=C(C)C1C.[Ti]. The molecular weight excluding hydrogens is 286 g/mol. The topological polar surface area (TPSA) is 31.2 Å². The molecule has 1 aliphatic carbocycles. The Kier molecular flexibility index (Phi) is 7.01. The minimum atomic E-state index is -1.97. The van der Waals surface area contributed by atoms with E-state index >= 15 is 0 Å². The normalized spacial score (nSPS) is 19.6. The molecule has 0 saturated carbocycles. The van der Waals surface area contributed by atoms with Gasteiger partial charge in [-0.1, -0.05) is 49.7 Å². The van der Waals surface area contributed by atoms with E-state index in [0.29, 0.717) is 12.3 Å². The molecule has 0 aromatic rings. The predicted octanol–water partition coefficient (Wildman–Crippen LogP) is 4.73. The van der Waals surface area contributed by atoms with E-state index in [1.165, 1.54) is 21.9 Å². The molecule has 0 aromatic carbocycles. The zero-order valence-electron chi connectivity index (χ0n) is 13.3.